The Hall–Kier alpha value is -1.43. The van der Waals surface area contributed by atoms with Crippen LogP contribution in [-0.4, -0.2) is 20.2 Å². The van der Waals surface area contributed by atoms with Gasteiger partial charge in [0.2, 0.25) is 0 Å². The quantitative estimate of drug-likeness (QED) is 0.869. The van der Waals surface area contributed by atoms with Crippen molar-refractivity contribution < 1.29 is 8.42 Å². The molecule has 0 saturated carbocycles. The van der Waals surface area contributed by atoms with E-state index >= 15 is 0 Å². The fourth-order valence-electron chi connectivity index (χ4n) is 1.79. The van der Waals surface area contributed by atoms with E-state index in [2.05, 4.69) is 5.32 Å². The number of halogens is 1. The Morgan fingerprint density at radius 3 is 2.30 bits per heavy atom. The Bertz CT molecular complexity index is 740. The zero-order valence-electron chi connectivity index (χ0n) is 10.6. The average Bonchev–Trinajstić information content (AvgIpc) is 2.38. The third-order valence-electron chi connectivity index (χ3n) is 2.79. The van der Waals surface area contributed by atoms with Gasteiger partial charge >= 0.3 is 0 Å². The molecule has 0 fully saturated rings. The van der Waals surface area contributed by atoms with Gasteiger partial charge in [0.15, 0.2) is 9.84 Å². The predicted molar refractivity (Wildman–Crippen MR) is 87.3 cm³/mol. The first-order chi connectivity index (χ1) is 9.41. The number of nitrogens with one attached hydrogen (secondary N) is 1. The van der Waals surface area contributed by atoms with Crippen molar-refractivity contribution in [1.82, 2.24) is 0 Å². The van der Waals surface area contributed by atoms with Crippen molar-refractivity contribution in [2.24, 2.45) is 0 Å². The lowest BCUT2D eigenvalue weighted by molar-refractivity contribution is 0.602. The van der Waals surface area contributed by atoms with Gasteiger partial charge in [0, 0.05) is 17.5 Å². The van der Waals surface area contributed by atoms with Crippen molar-refractivity contribution >= 4 is 44.8 Å². The summed E-state index contributed by atoms with van der Waals surface area (Å²) in [7, 11) is -3.18. The molecule has 6 heteroatoms. The second-order valence-corrected chi connectivity index (χ2v) is 6.91. The summed E-state index contributed by atoms with van der Waals surface area (Å²) < 4.78 is 22.8. The molecule has 0 unspecified atom stereocenters. The normalized spacial score (nSPS) is 11.1. The van der Waals surface area contributed by atoms with Gasteiger partial charge in [0.25, 0.3) is 0 Å². The highest BCUT2D eigenvalue weighted by molar-refractivity contribution is 7.90. The first kappa shape index (κ1) is 15.0. The summed E-state index contributed by atoms with van der Waals surface area (Å²) in [6, 6.07) is 12.1. The van der Waals surface area contributed by atoms with Crippen LogP contribution in [0.4, 0.5) is 5.69 Å². The summed E-state index contributed by atoms with van der Waals surface area (Å²) in [5.41, 5.74) is 3.91. The summed E-state index contributed by atoms with van der Waals surface area (Å²) in [5.74, 6) is 0. The molecule has 0 spiro atoms. The molecule has 0 radical (unpaired) electrons. The van der Waals surface area contributed by atoms with Crippen molar-refractivity contribution in [3.63, 3.8) is 0 Å². The van der Waals surface area contributed by atoms with E-state index in [4.69, 9.17) is 23.8 Å². The Balaban J connectivity index is 2.39. The highest BCUT2D eigenvalue weighted by Crippen LogP contribution is 2.30. The lowest BCUT2D eigenvalue weighted by Crippen LogP contribution is -1.96. The zero-order chi connectivity index (χ0) is 14.8. The van der Waals surface area contributed by atoms with Crippen LogP contribution in [0.1, 0.15) is 0 Å². The van der Waals surface area contributed by atoms with Gasteiger partial charge in [-0.1, -0.05) is 42.0 Å². The number of anilines is 1. The Morgan fingerprint density at radius 1 is 1.15 bits per heavy atom. The number of thiocarbonyl (C=S) groups is 1. The molecule has 0 heterocycles. The third-order valence-corrected chi connectivity index (χ3v) is 4.35. The molecule has 2 aromatic rings. The standard InChI is InChI=1S/C14H12ClNO2S2/c1-20(17,18)12-5-2-10(3-6-12)13-7-4-11(16-9-19)8-14(13)15/h2-9H,1H3,(H,16,19). The average molecular weight is 326 g/mol. The van der Waals surface area contributed by atoms with E-state index < -0.39 is 9.84 Å². The number of benzene rings is 2. The first-order valence-corrected chi connectivity index (χ1v) is 8.46. The number of sulfone groups is 1. The number of rotatable bonds is 4. The fraction of sp³-hybridized carbons (Fsp3) is 0.0714. The zero-order valence-corrected chi connectivity index (χ0v) is 13.0. The SMILES string of the molecule is CS(=O)(=O)c1ccc(-c2ccc(NC=S)cc2Cl)cc1. The topological polar surface area (TPSA) is 46.2 Å². The molecule has 2 aromatic carbocycles. The van der Waals surface area contributed by atoms with Crippen LogP contribution in [0.3, 0.4) is 0 Å². The lowest BCUT2D eigenvalue weighted by Gasteiger charge is -2.08. The summed E-state index contributed by atoms with van der Waals surface area (Å²) >= 11 is 10.9. The summed E-state index contributed by atoms with van der Waals surface area (Å²) in [4.78, 5) is 0.288. The van der Waals surface area contributed by atoms with Gasteiger partial charge in [-0.2, -0.15) is 0 Å². The van der Waals surface area contributed by atoms with Crippen LogP contribution < -0.4 is 5.32 Å². The maximum absolute atomic E-state index is 11.4. The number of hydrogen-bond donors (Lipinski definition) is 1. The summed E-state index contributed by atoms with van der Waals surface area (Å²) in [5, 5.41) is 3.45. The van der Waals surface area contributed by atoms with Crippen molar-refractivity contribution in [2.45, 2.75) is 4.90 Å². The van der Waals surface area contributed by atoms with Crippen molar-refractivity contribution in [2.75, 3.05) is 11.6 Å². The minimum atomic E-state index is -3.18. The van der Waals surface area contributed by atoms with E-state index in [1.54, 1.807) is 30.3 Å². The maximum atomic E-state index is 11.4. The van der Waals surface area contributed by atoms with Gasteiger partial charge in [-0.15, -0.1) is 0 Å². The number of hydrogen-bond acceptors (Lipinski definition) is 3. The van der Waals surface area contributed by atoms with E-state index in [1.165, 1.54) is 11.7 Å². The van der Waals surface area contributed by atoms with E-state index in [0.717, 1.165) is 16.8 Å². The first-order valence-electron chi connectivity index (χ1n) is 5.72. The molecule has 0 aliphatic rings. The van der Waals surface area contributed by atoms with Crippen LogP contribution in [0, 0.1) is 0 Å². The van der Waals surface area contributed by atoms with Gasteiger partial charge in [-0.3, -0.25) is 0 Å². The maximum Gasteiger partial charge on any atom is 0.175 e. The molecule has 0 bridgehead atoms. The van der Waals surface area contributed by atoms with Gasteiger partial charge < -0.3 is 5.32 Å². The molecule has 104 valence electrons. The fourth-order valence-corrected chi connectivity index (χ4v) is 2.84. The second kappa shape index (κ2) is 5.91. The van der Waals surface area contributed by atoms with E-state index in [-0.39, 0.29) is 4.90 Å². The molecule has 0 aliphatic carbocycles. The Morgan fingerprint density at radius 2 is 1.80 bits per heavy atom. The third kappa shape index (κ3) is 3.36. The highest BCUT2D eigenvalue weighted by atomic mass is 35.5. The van der Waals surface area contributed by atoms with Crippen molar-refractivity contribution in [3.8, 4) is 11.1 Å². The van der Waals surface area contributed by atoms with Crippen LogP contribution in [0.25, 0.3) is 11.1 Å². The monoisotopic (exact) mass is 325 g/mol. The van der Waals surface area contributed by atoms with Crippen LogP contribution in [-0.2, 0) is 9.84 Å². The van der Waals surface area contributed by atoms with Crippen LogP contribution in [0.2, 0.25) is 5.02 Å². The predicted octanol–water partition coefficient (Wildman–Crippen LogP) is 3.78. The van der Waals surface area contributed by atoms with Gasteiger partial charge in [-0.05, 0) is 29.8 Å². The molecular weight excluding hydrogens is 314 g/mol. The summed E-state index contributed by atoms with van der Waals surface area (Å²) in [6.45, 7) is 0. The van der Waals surface area contributed by atoms with E-state index in [0.29, 0.717) is 5.02 Å². The molecule has 1 N–H and O–H groups in total. The van der Waals surface area contributed by atoms with E-state index in [1.807, 2.05) is 12.1 Å². The Kier molecular flexibility index (Phi) is 4.42. The van der Waals surface area contributed by atoms with Gasteiger partial charge in [-0.25, -0.2) is 8.42 Å². The molecule has 0 aromatic heterocycles. The van der Waals surface area contributed by atoms with Gasteiger partial charge in [0.05, 0.1) is 15.4 Å². The summed E-state index contributed by atoms with van der Waals surface area (Å²) in [6.07, 6.45) is 1.18. The molecule has 20 heavy (non-hydrogen) atoms. The van der Waals surface area contributed by atoms with Gasteiger partial charge in [0.1, 0.15) is 0 Å². The minimum absolute atomic E-state index is 0.288. The second-order valence-electron chi connectivity index (χ2n) is 4.25. The van der Waals surface area contributed by atoms with Crippen LogP contribution >= 0.6 is 23.8 Å². The van der Waals surface area contributed by atoms with Crippen LogP contribution in [0.15, 0.2) is 47.4 Å². The van der Waals surface area contributed by atoms with Crippen LogP contribution in [0.5, 0.6) is 0 Å². The largest absolute Gasteiger partial charge is 0.353 e. The highest BCUT2D eigenvalue weighted by Gasteiger charge is 2.08. The lowest BCUT2D eigenvalue weighted by atomic mass is 10.1. The molecule has 0 saturated heterocycles. The van der Waals surface area contributed by atoms with Crippen molar-refractivity contribution in [3.05, 3.63) is 47.5 Å². The minimum Gasteiger partial charge on any atom is -0.353 e. The molecule has 0 atom stereocenters. The molecule has 0 aliphatic heterocycles. The Labute approximate surface area is 128 Å². The smallest absolute Gasteiger partial charge is 0.175 e. The van der Waals surface area contributed by atoms with Crippen molar-refractivity contribution in [1.29, 1.82) is 0 Å². The van der Waals surface area contributed by atoms with E-state index in [9.17, 15) is 8.42 Å². The molecule has 2 rings (SSSR count). The molecular formula is C14H12ClNO2S2. The molecule has 0 amide bonds. The molecule has 3 nitrogen and oxygen atoms in total.